The monoisotopic (exact) mass is 389 g/mol. The van der Waals surface area contributed by atoms with E-state index in [-0.39, 0.29) is 0 Å². The summed E-state index contributed by atoms with van der Waals surface area (Å²) >= 11 is 1.63. The number of imidazole rings is 1. The zero-order chi connectivity index (χ0) is 19.0. The van der Waals surface area contributed by atoms with Gasteiger partial charge >= 0.3 is 6.18 Å². The van der Waals surface area contributed by atoms with E-state index in [0.717, 1.165) is 47.8 Å². The van der Waals surface area contributed by atoms with Crippen LogP contribution in [0.4, 0.5) is 13.2 Å². The van der Waals surface area contributed by atoms with Crippen LogP contribution < -0.4 is 0 Å². The molecule has 0 saturated heterocycles. The van der Waals surface area contributed by atoms with Crippen LogP contribution in [0.5, 0.6) is 0 Å². The molecular weight excluding hydrogens is 371 g/mol. The van der Waals surface area contributed by atoms with Crippen LogP contribution in [0.2, 0.25) is 0 Å². The molecule has 0 aliphatic carbocycles. The molecule has 0 saturated carbocycles. The van der Waals surface area contributed by atoms with Crippen molar-refractivity contribution in [3.63, 3.8) is 0 Å². The number of alkyl halides is 3. The number of halogens is 3. The van der Waals surface area contributed by atoms with Gasteiger partial charge in [-0.05, 0) is 58.8 Å². The minimum Gasteiger partial charge on any atom is -0.339 e. The summed E-state index contributed by atoms with van der Waals surface area (Å²) in [6, 6.07) is 11.5. The lowest BCUT2D eigenvalue weighted by atomic mass is 9.95. The lowest BCUT2D eigenvalue weighted by molar-refractivity contribution is -0.137. The van der Waals surface area contributed by atoms with Crippen LogP contribution >= 0.6 is 11.9 Å². The highest BCUT2D eigenvalue weighted by Crippen LogP contribution is 2.33. The third-order valence-corrected chi connectivity index (χ3v) is 5.60. The predicted octanol–water partition coefficient (Wildman–Crippen LogP) is 5.17. The number of nitrogens with zero attached hydrogens (tertiary/aromatic N) is 3. The predicted molar refractivity (Wildman–Crippen MR) is 100 cm³/mol. The Balaban J connectivity index is 1.54. The first kappa shape index (κ1) is 18.1. The Labute approximate surface area is 160 Å². The van der Waals surface area contributed by atoms with Crippen LogP contribution in [0.15, 0.2) is 60.0 Å². The van der Waals surface area contributed by atoms with Gasteiger partial charge in [-0.3, -0.25) is 0 Å². The van der Waals surface area contributed by atoms with Crippen molar-refractivity contribution in [2.75, 3.05) is 6.54 Å². The van der Waals surface area contributed by atoms with Crippen LogP contribution in [0.3, 0.4) is 0 Å². The fourth-order valence-corrected chi connectivity index (χ4v) is 4.17. The van der Waals surface area contributed by atoms with Crippen molar-refractivity contribution in [1.29, 1.82) is 0 Å². The maximum atomic E-state index is 12.8. The Morgan fingerprint density at radius 3 is 2.41 bits per heavy atom. The number of fused-ring (bicyclic) bond motifs is 1. The van der Waals surface area contributed by atoms with Crippen molar-refractivity contribution >= 4 is 11.9 Å². The third-order valence-electron chi connectivity index (χ3n) is 4.63. The van der Waals surface area contributed by atoms with Crippen LogP contribution in [0.1, 0.15) is 16.7 Å². The zero-order valence-corrected chi connectivity index (χ0v) is 15.5. The molecule has 1 aromatic heterocycles. The molecular formula is C20H18F3N3S. The van der Waals surface area contributed by atoms with Crippen molar-refractivity contribution in [3.8, 4) is 11.1 Å². The van der Waals surface area contributed by atoms with E-state index in [1.165, 1.54) is 23.3 Å². The van der Waals surface area contributed by atoms with Crippen LogP contribution in [0.25, 0.3) is 11.1 Å². The minimum atomic E-state index is -4.31. The summed E-state index contributed by atoms with van der Waals surface area (Å²) in [5, 5.41) is 0.958. The Bertz CT molecular complexity index is 948. The quantitative estimate of drug-likeness (QED) is 0.577. The number of aryl methyl sites for hydroxylation is 1. The normalized spacial score (nSPS) is 15.0. The van der Waals surface area contributed by atoms with E-state index in [4.69, 9.17) is 0 Å². The summed E-state index contributed by atoms with van der Waals surface area (Å²) in [6.45, 7) is 1.72. The topological polar surface area (TPSA) is 21.1 Å². The molecule has 0 bridgehead atoms. The zero-order valence-electron chi connectivity index (χ0n) is 14.7. The van der Waals surface area contributed by atoms with Crippen molar-refractivity contribution in [2.45, 2.75) is 24.2 Å². The van der Waals surface area contributed by atoms with Gasteiger partial charge in [0.1, 0.15) is 5.03 Å². The first-order chi connectivity index (χ1) is 12.9. The molecule has 2 aromatic carbocycles. The number of hydrogen-bond donors (Lipinski definition) is 0. The van der Waals surface area contributed by atoms with Crippen molar-refractivity contribution in [1.82, 2.24) is 13.9 Å². The summed E-state index contributed by atoms with van der Waals surface area (Å²) in [7, 11) is 1.94. The summed E-state index contributed by atoms with van der Waals surface area (Å²) in [6.07, 6.45) is 0.405. The van der Waals surface area contributed by atoms with E-state index >= 15 is 0 Å². The molecule has 7 heteroatoms. The number of aromatic nitrogens is 2. The second kappa shape index (κ2) is 7.05. The van der Waals surface area contributed by atoms with Gasteiger partial charge in [0, 0.05) is 26.3 Å². The molecule has 2 heterocycles. The molecule has 0 N–H and O–H groups in total. The fourth-order valence-electron chi connectivity index (χ4n) is 3.21. The largest absolute Gasteiger partial charge is 0.416 e. The molecule has 0 spiro atoms. The molecule has 0 fully saturated rings. The van der Waals surface area contributed by atoms with Gasteiger partial charge < -0.3 is 4.57 Å². The Morgan fingerprint density at radius 2 is 1.74 bits per heavy atom. The van der Waals surface area contributed by atoms with Crippen molar-refractivity contribution in [2.24, 2.45) is 7.05 Å². The Morgan fingerprint density at radius 1 is 1.00 bits per heavy atom. The molecule has 0 amide bonds. The van der Waals surface area contributed by atoms with E-state index < -0.39 is 11.7 Å². The number of hydrogen-bond acceptors (Lipinski definition) is 3. The minimum absolute atomic E-state index is 0.623. The van der Waals surface area contributed by atoms with Crippen LogP contribution in [0, 0.1) is 0 Å². The molecule has 3 nitrogen and oxygen atoms in total. The highest BCUT2D eigenvalue weighted by Gasteiger charge is 2.30. The van der Waals surface area contributed by atoms with Crippen LogP contribution in [-0.2, 0) is 26.2 Å². The molecule has 0 atom stereocenters. The molecule has 140 valence electrons. The fraction of sp³-hybridized carbons (Fsp3) is 0.250. The Hall–Kier alpha value is -2.25. The SMILES string of the molecule is Cn1cnc(SN2CCc3ccc(-c4ccc(C(F)(F)F)cc4)cc3C2)c1. The number of rotatable bonds is 3. The first-order valence-corrected chi connectivity index (χ1v) is 9.36. The van der Waals surface area contributed by atoms with E-state index in [0.29, 0.717) is 0 Å². The molecule has 1 aliphatic rings. The molecule has 0 unspecified atom stereocenters. The third kappa shape index (κ3) is 4.04. The lowest BCUT2D eigenvalue weighted by Gasteiger charge is -2.27. The lowest BCUT2D eigenvalue weighted by Crippen LogP contribution is -2.24. The van der Waals surface area contributed by atoms with Gasteiger partial charge in [-0.15, -0.1) is 0 Å². The summed E-state index contributed by atoms with van der Waals surface area (Å²) in [4.78, 5) is 4.35. The van der Waals surface area contributed by atoms with Gasteiger partial charge in [0.25, 0.3) is 0 Å². The van der Waals surface area contributed by atoms with Gasteiger partial charge in [-0.1, -0.05) is 24.3 Å². The van der Waals surface area contributed by atoms with Gasteiger partial charge in [0.05, 0.1) is 11.9 Å². The van der Waals surface area contributed by atoms with E-state index in [1.54, 1.807) is 18.3 Å². The second-order valence-electron chi connectivity index (χ2n) is 6.64. The van der Waals surface area contributed by atoms with Crippen LogP contribution in [-0.4, -0.2) is 20.4 Å². The van der Waals surface area contributed by atoms with E-state index in [2.05, 4.69) is 21.4 Å². The maximum absolute atomic E-state index is 12.8. The molecule has 3 aromatic rings. The highest BCUT2D eigenvalue weighted by molar-refractivity contribution is 7.96. The van der Waals surface area contributed by atoms with Gasteiger partial charge in [0.2, 0.25) is 0 Å². The average Bonchev–Trinajstić information content (AvgIpc) is 3.05. The summed E-state index contributed by atoms with van der Waals surface area (Å²) in [5.41, 5.74) is 3.61. The molecule has 0 radical (unpaired) electrons. The van der Waals surface area contributed by atoms with Gasteiger partial charge in [0.15, 0.2) is 0 Å². The standard InChI is InChI=1S/C20H18F3N3S/c1-25-12-19(24-13-25)27-26-9-8-15-2-3-16(10-17(15)11-26)14-4-6-18(7-5-14)20(21,22)23/h2-7,10,12-13H,8-9,11H2,1H3. The smallest absolute Gasteiger partial charge is 0.339 e. The molecule has 1 aliphatic heterocycles. The Kier molecular flexibility index (Phi) is 4.74. The molecule has 4 rings (SSSR count). The average molecular weight is 389 g/mol. The first-order valence-electron chi connectivity index (χ1n) is 8.59. The number of benzene rings is 2. The van der Waals surface area contributed by atoms with Gasteiger partial charge in [-0.2, -0.15) is 13.2 Å². The summed E-state index contributed by atoms with van der Waals surface area (Å²) in [5.74, 6) is 0. The highest BCUT2D eigenvalue weighted by atomic mass is 32.2. The molecule has 27 heavy (non-hydrogen) atoms. The van der Waals surface area contributed by atoms with E-state index in [1.807, 2.05) is 23.9 Å². The summed E-state index contributed by atoms with van der Waals surface area (Å²) < 4.78 is 42.5. The van der Waals surface area contributed by atoms with Crippen molar-refractivity contribution in [3.05, 3.63) is 71.7 Å². The second-order valence-corrected chi connectivity index (χ2v) is 7.76. The van der Waals surface area contributed by atoms with Gasteiger partial charge in [-0.25, -0.2) is 9.29 Å². The van der Waals surface area contributed by atoms with E-state index in [9.17, 15) is 13.2 Å². The maximum Gasteiger partial charge on any atom is 0.416 e. The van der Waals surface area contributed by atoms with Crippen molar-refractivity contribution < 1.29 is 13.2 Å².